The molecule has 1 amide bonds. The first-order valence-corrected chi connectivity index (χ1v) is 9.35. The highest BCUT2D eigenvalue weighted by atomic mass is 35.5. The number of rotatable bonds is 5. The molecule has 0 unspecified atom stereocenters. The van der Waals surface area contributed by atoms with Crippen LogP contribution >= 0.6 is 11.6 Å². The Kier molecular flexibility index (Phi) is 6.74. The summed E-state index contributed by atoms with van der Waals surface area (Å²) >= 11 is 5.51. The summed E-state index contributed by atoms with van der Waals surface area (Å²) in [5.41, 5.74) is -0.552. The lowest BCUT2D eigenvalue weighted by Crippen LogP contribution is -2.51. The van der Waals surface area contributed by atoms with Crippen LogP contribution in [0, 0.1) is 0 Å². The Bertz CT molecular complexity index is 448. The average Bonchev–Trinajstić information content (AvgIpc) is 2.34. The van der Waals surface area contributed by atoms with Gasteiger partial charge in [0, 0.05) is 25.0 Å². The number of amides is 1. The van der Waals surface area contributed by atoms with E-state index in [-0.39, 0.29) is 11.8 Å². The van der Waals surface area contributed by atoms with Gasteiger partial charge in [0.1, 0.15) is 5.60 Å². The van der Waals surface area contributed by atoms with Gasteiger partial charge < -0.3 is 9.64 Å². The second kappa shape index (κ2) is 7.65. The molecular formula is C13H25ClN2O4S. The fourth-order valence-electron chi connectivity index (χ4n) is 2.12. The van der Waals surface area contributed by atoms with Crippen LogP contribution in [0.4, 0.5) is 4.79 Å². The molecule has 0 spiro atoms. The quantitative estimate of drug-likeness (QED) is 0.776. The Labute approximate surface area is 132 Å². The van der Waals surface area contributed by atoms with E-state index < -0.39 is 21.7 Å². The highest BCUT2D eigenvalue weighted by molar-refractivity contribution is 7.89. The van der Waals surface area contributed by atoms with Crippen molar-refractivity contribution in [1.82, 2.24) is 9.62 Å². The molecule has 1 fully saturated rings. The van der Waals surface area contributed by atoms with Gasteiger partial charge in [0.15, 0.2) is 0 Å². The largest absolute Gasteiger partial charge is 0.444 e. The maximum Gasteiger partial charge on any atom is 0.410 e. The van der Waals surface area contributed by atoms with E-state index in [4.69, 9.17) is 16.3 Å². The van der Waals surface area contributed by atoms with Crippen molar-refractivity contribution in [3.63, 3.8) is 0 Å². The number of hydrogen-bond acceptors (Lipinski definition) is 4. The lowest BCUT2D eigenvalue weighted by atomic mass is 10.1. The molecule has 1 heterocycles. The summed E-state index contributed by atoms with van der Waals surface area (Å²) in [5, 5.41) is 0. The van der Waals surface area contributed by atoms with E-state index in [9.17, 15) is 13.2 Å². The van der Waals surface area contributed by atoms with E-state index in [0.29, 0.717) is 25.4 Å². The molecule has 21 heavy (non-hydrogen) atoms. The second-order valence-corrected chi connectivity index (χ2v) is 8.50. The zero-order valence-electron chi connectivity index (χ0n) is 12.9. The molecule has 1 aliphatic rings. The van der Waals surface area contributed by atoms with Gasteiger partial charge in [0.25, 0.3) is 0 Å². The first kappa shape index (κ1) is 18.5. The first-order chi connectivity index (χ1) is 9.63. The zero-order valence-corrected chi connectivity index (χ0v) is 14.5. The molecule has 0 aromatic rings. The Balaban J connectivity index is 2.54. The second-order valence-electron chi connectivity index (χ2n) is 6.24. The molecule has 0 aliphatic carbocycles. The molecule has 1 aliphatic heterocycles. The summed E-state index contributed by atoms with van der Waals surface area (Å²) < 4.78 is 31.7. The van der Waals surface area contributed by atoms with Crippen LogP contribution in [0.1, 0.15) is 40.0 Å². The van der Waals surface area contributed by atoms with Gasteiger partial charge in [-0.1, -0.05) is 0 Å². The van der Waals surface area contributed by atoms with E-state index >= 15 is 0 Å². The molecule has 1 atom stereocenters. The number of likely N-dealkylation sites (tertiary alicyclic amines) is 1. The molecule has 1 N–H and O–H groups in total. The normalized spacial score (nSPS) is 20.4. The van der Waals surface area contributed by atoms with E-state index in [0.717, 1.165) is 12.8 Å². The minimum absolute atomic E-state index is 0.0133. The molecule has 0 aromatic carbocycles. The van der Waals surface area contributed by atoms with Crippen molar-refractivity contribution in [3.8, 4) is 0 Å². The number of carbonyl (C=O) groups excluding carboxylic acids is 1. The first-order valence-electron chi connectivity index (χ1n) is 7.17. The minimum atomic E-state index is -3.34. The lowest BCUT2D eigenvalue weighted by molar-refractivity contribution is 0.0195. The van der Waals surface area contributed by atoms with Crippen LogP contribution < -0.4 is 4.72 Å². The third kappa shape index (κ3) is 7.33. The van der Waals surface area contributed by atoms with Crippen LogP contribution in [0.2, 0.25) is 0 Å². The number of alkyl halides is 1. The van der Waals surface area contributed by atoms with Crippen LogP contribution in [0.25, 0.3) is 0 Å². The predicted octanol–water partition coefficient (Wildman–Crippen LogP) is 1.93. The van der Waals surface area contributed by atoms with Gasteiger partial charge in [-0.3, -0.25) is 0 Å². The highest BCUT2D eigenvalue weighted by Gasteiger charge is 2.29. The SMILES string of the molecule is CC(C)(C)OC(=O)N1CCC[C@H](NS(=O)(=O)CCCCl)C1. The number of hydrogen-bond donors (Lipinski definition) is 1. The third-order valence-electron chi connectivity index (χ3n) is 2.97. The smallest absolute Gasteiger partial charge is 0.410 e. The third-order valence-corrected chi connectivity index (χ3v) is 4.75. The standard InChI is InChI=1S/C13H25ClN2O4S/c1-13(2,3)20-12(17)16-8-4-6-11(10-16)15-21(18,19)9-5-7-14/h11,15H,4-10H2,1-3H3/t11-/m0/s1. The van der Waals surface area contributed by atoms with Crippen molar-refractivity contribution in [2.24, 2.45) is 0 Å². The van der Waals surface area contributed by atoms with Crippen LogP contribution in [-0.4, -0.2) is 55.8 Å². The summed E-state index contributed by atoms with van der Waals surface area (Å²) in [5.74, 6) is 0.328. The van der Waals surface area contributed by atoms with Crippen molar-refractivity contribution < 1.29 is 17.9 Å². The highest BCUT2D eigenvalue weighted by Crippen LogP contribution is 2.16. The molecule has 8 heteroatoms. The van der Waals surface area contributed by atoms with E-state index in [2.05, 4.69) is 4.72 Å². The molecule has 124 valence electrons. The molecule has 1 saturated heterocycles. The fraction of sp³-hybridized carbons (Fsp3) is 0.923. The van der Waals surface area contributed by atoms with E-state index in [1.165, 1.54) is 0 Å². The average molecular weight is 341 g/mol. The summed E-state index contributed by atoms with van der Waals surface area (Å²) in [4.78, 5) is 13.6. The molecule has 0 saturated carbocycles. The number of halogens is 1. The summed E-state index contributed by atoms with van der Waals surface area (Å²) in [7, 11) is -3.34. The van der Waals surface area contributed by atoms with Crippen molar-refractivity contribution in [3.05, 3.63) is 0 Å². The van der Waals surface area contributed by atoms with Crippen molar-refractivity contribution >= 4 is 27.7 Å². The van der Waals surface area contributed by atoms with E-state index in [1.807, 2.05) is 0 Å². The van der Waals surface area contributed by atoms with Crippen LogP contribution in [0.15, 0.2) is 0 Å². The number of ether oxygens (including phenoxy) is 1. The summed E-state index contributed by atoms with van der Waals surface area (Å²) in [6, 6.07) is -0.258. The van der Waals surface area contributed by atoms with Gasteiger partial charge in [0.05, 0.1) is 5.75 Å². The number of carbonyl (C=O) groups is 1. The molecule has 6 nitrogen and oxygen atoms in total. The minimum Gasteiger partial charge on any atom is -0.444 e. The van der Waals surface area contributed by atoms with Crippen molar-refractivity contribution in [2.75, 3.05) is 24.7 Å². The summed E-state index contributed by atoms with van der Waals surface area (Å²) in [6.07, 6.45) is 1.49. The number of nitrogens with one attached hydrogen (secondary N) is 1. The van der Waals surface area contributed by atoms with Crippen molar-refractivity contribution in [1.29, 1.82) is 0 Å². The maximum absolute atomic E-state index is 12.0. The Morgan fingerprint density at radius 1 is 1.43 bits per heavy atom. The van der Waals surface area contributed by atoms with Crippen LogP contribution in [0.3, 0.4) is 0 Å². The van der Waals surface area contributed by atoms with Gasteiger partial charge >= 0.3 is 6.09 Å². The topological polar surface area (TPSA) is 75.7 Å². The van der Waals surface area contributed by atoms with Gasteiger partial charge in [-0.25, -0.2) is 17.9 Å². The fourth-order valence-corrected chi connectivity index (χ4v) is 3.76. The maximum atomic E-state index is 12.0. The molecule has 1 rings (SSSR count). The number of sulfonamides is 1. The monoisotopic (exact) mass is 340 g/mol. The van der Waals surface area contributed by atoms with Crippen LogP contribution in [-0.2, 0) is 14.8 Å². The van der Waals surface area contributed by atoms with Gasteiger partial charge in [0.2, 0.25) is 10.0 Å². The van der Waals surface area contributed by atoms with Gasteiger partial charge in [-0.2, -0.15) is 0 Å². The van der Waals surface area contributed by atoms with E-state index in [1.54, 1.807) is 25.7 Å². The Morgan fingerprint density at radius 2 is 2.10 bits per heavy atom. The molecule has 0 radical (unpaired) electrons. The molecular weight excluding hydrogens is 316 g/mol. The zero-order chi connectivity index (χ0) is 16.1. The number of nitrogens with zero attached hydrogens (tertiary/aromatic N) is 1. The lowest BCUT2D eigenvalue weighted by Gasteiger charge is -2.34. The Hall–Kier alpha value is -0.530. The van der Waals surface area contributed by atoms with Crippen LogP contribution in [0.5, 0.6) is 0 Å². The van der Waals surface area contributed by atoms with Gasteiger partial charge in [-0.15, -0.1) is 11.6 Å². The molecule has 0 aromatic heterocycles. The molecule has 0 bridgehead atoms. The summed E-state index contributed by atoms with van der Waals surface area (Å²) in [6.45, 7) is 6.35. The number of piperidine rings is 1. The van der Waals surface area contributed by atoms with Gasteiger partial charge in [-0.05, 0) is 40.0 Å². The predicted molar refractivity (Wildman–Crippen MR) is 83.1 cm³/mol. The van der Waals surface area contributed by atoms with Crippen molar-refractivity contribution in [2.45, 2.75) is 51.7 Å². The Morgan fingerprint density at radius 3 is 2.67 bits per heavy atom.